The first-order valence-corrected chi connectivity index (χ1v) is 8.16. The van der Waals surface area contributed by atoms with Crippen LogP contribution in [0.4, 0.5) is 0 Å². The molecule has 2 fully saturated rings. The van der Waals surface area contributed by atoms with Gasteiger partial charge in [0.25, 0.3) is 0 Å². The molecule has 0 bridgehead atoms. The van der Waals surface area contributed by atoms with Crippen molar-refractivity contribution in [3.63, 3.8) is 0 Å². The lowest BCUT2D eigenvalue weighted by atomic mass is 9.99. The molecule has 0 saturated carbocycles. The monoisotopic (exact) mass is 271 g/mol. The summed E-state index contributed by atoms with van der Waals surface area (Å²) in [6.45, 7) is 8.37. The number of rotatable bonds is 2. The van der Waals surface area contributed by atoms with E-state index in [9.17, 15) is 0 Å². The number of hydrogen-bond acceptors (Lipinski definition) is 3. The molecule has 1 N–H and O–H groups in total. The molecule has 2 saturated heterocycles. The average Bonchev–Trinajstić information content (AvgIpc) is 2.95. The fourth-order valence-corrected chi connectivity index (χ4v) is 4.07. The van der Waals surface area contributed by atoms with Gasteiger partial charge in [-0.15, -0.1) is 0 Å². The van der Waals surface area contributed by atoms with Gasteiger partial charge in [0.1, 0.15) is 0 Å². The third-order valence-corrected chi connectivity index (χ3v) is 5.23. The number of benzene rings is 1. The topological polar surface area (TPSA) is 18.5 Å². The highest BCUT2D eigenvalue weighted by molar-refractivity contribution is 5.34. The molecule has 1 unspecified atom stereocenters. The van der Waals surface area contributed by atoms with Gasteiger partial charge < -0.3 is 5.32 Å². The summed E-state index contributed by atoms with van der Waals surface area (Å²) in [7, 11) is 0. The van der Waals surface area contributed by atoms with Gasteiger partial charge in [0, 0.05) is 45.3 Å². The van der Waals surface area contributed by atoms with Crippen molar-refractivity contribution < 1.29 is 0 Å². The molecule has 3 nitrogen and oxygen atoms in total. The van der Waals surface area contributed by atoms with E-state index in [0.717, 1.165) is 25.7 Å². The zero-order valence-electron chi connectivity index (χ0n) is 12.3. The van der Waals surface area contributed by atoms with Gasteiger partial charge in [0.15, 0.2) is 0 Å². The van der Waals surface area contributed by atoms with Gasteiger partial charge in [0.05, 0.1) is 0 Å². The molecule has 3 aliphatic heterocycles. The highest BCUT2D eigenvalue weighted by atomic mass is 15.3. The predicted octanol–water partition coefficient (Wildman–Crippen LogP) is 1.96. The van der Waals surface area contributed by atoms with Crippen LogP contribution in [0, 0.1) is 0 Å². The van der Waals surface area contributed by atoms with Crippen molar-refractivity contribution in [1.82, 2.24) is 15.1 Å². The Balaban J connectivity index is 1.41. The van der Waals surface area contributed by atoms with Gasteiger partial charge in [-0.3, -0.25) is 9.80 Å². The molecular weight excluding hydrogens is 246 g/mol. The number of nitrogens with one attached hydrogen (secondary N) is 1. The Morgan fingerprint density at radius 3 is 3.00 bits per heavy atom. The maximum absolute atomic E-state index is 3.44. The Kier molecular flexibility index (Phi) is 3.51. The molecule has 0 amide bonds. The standard InChI is InChI=1S/C17H25N3/c1-2-6-20-8-7-19(13-17(20)3-1)12-14-4-5-15-10-18-11-16(15)9-14/h4-5,9,17-18H,1-3,6-8,10-13H2. The molecule has 108 valence electrons. The van der Waals surface area contributed by atoms with Crippen LogP contribution >= 0.6 is 0 Å². The molecule has 1 aromatic carbocycles. The van der Waals surface area contributed by atoms with E-state index in [-0.39, 0.29) is 0 Å². The first kappa shape index (κ1) is 12.8. The number of fused-ring (bicyclic) bond motifs is 2. The molecular formula is C17H25N3. The summed E-state index contributed by atoms with van der Waals surface area (Å²) in [4.78, 5) is 5.38. The molecule has 3 heterocycles. The van der Waals surface area contributed by atoms with E-state index < -0.39 is 0 Å². The predicted molar refractivity (Wildman–Crippen MR) is 81.5 cm³/mol. The zero-order chi connectivity index (χ0) is 13.4. The van der Waals surface area contributed by atoms with E-state index >= 15 is 0 Å². The zero-order valence-corrected chi connectivity index (χ0v) is 12.3. The smallest absolute Gasteiger partial charge is 0.0235 e. The van der Waals surface area contributed by atoms with Crippen molar-refractivity contribution in [3.8, 4) is 0 Å². The Morgan fingerprint density at radius 2 is 2.00 bits per heavy atom. The summed E-state index contributed by atoms with van der Waals surface area (Å²) in [6, 6.07) is 7.90. The minimum atomic E-state index is 0.827. The van der Waals surface area contributed by atoms with Gasteiger partial charge in [-0.1, -0.05) is 24.6 Å². The molecule has 3 aliphatic rings. The average molecular weight is 271 g/mol. The number of piperidine rings is 1. The van der Waals surface area contributed by atoms with Crippen molar-refractivity contribution in [2.45, 2.75) is 44.9 Å². The van der Waals surface area contributed by atoms with E-state index in [1.54, 1.807) is 0 Å². The molecule has 0 aromatic heterocycles. The summed E-state index contributed by atoms with van der Waals surface area (Å²) in [5, 5.41) is 3.44. The second kappa shape index (κ2) is 5.47. The van der Waals surface area contributed by atoms with Crippen LogP contribution in [0.2, 0.25) is 0 Å². The molecule has 3 heteroatoms. The third-order valence-electron chi connectivity index (χ3n) is 5.23. The highest BCUT2D eigenvalue weighted by Gasteiger charge is 2.28. The maximum atomic E-state index is 3.44. The summed E-state index contributed by atoms with van der Waals surface area (Å²) in [5.41, 5.74) is 4.50. The van der Waals surface area contributed by atoms with Crippen LogP contribution in [0.1, 0.15) is 36.0 Å². The summed E-state index contributed by atoms with van der Waals surface area (Å²) in [6.07, 6.45) is 4.25. The van der Waals surface area contributed by atoms with Crippen molar-refractivity contribution >= 4 is 0 Å². The largest absolute Gasteiger partial charge is 0.309 e. The lowest BCUT2D eigenvalue weighted by Gasteiger charge is -2.44. The van der Waals surface area contributed by atoms with E-state index in [4.69, 9.17) is 0 Å². The minimum absolute atomic E-state index is 0.827. The Morgan fingerprint density at radius 1 is 1.05 bits per heavy atom. The van der Waals surface area contributed by atoms with Crippen LogP contribution in [0.15, 0.2) is 18.2 Å². The quantitative estimate of drug-likeness (QED) is 0.887. The van der Waals surface area contributed by atoms with Crippen molar-refractivity contribution in [2.75, 3.05) is 26.2 Å². The number of hydrogen-bond donors (Lipinski definition) is 1. The SMILES string of the molecule is c1cc2c(cc1CN1CCN3CCCCC3C1)CNC2. The molecule has 1 aromatic rings. The molecule has 0 radical (unpaired) electrons. The second-order valence-corrected chi connectivity index (χ2v) is 6.63. The van der Waals surface area contributed by atoms with Crippen LogP contribution in [0.5, 0.6) is 0 Å². The second-order valence-electron chi connectivity index (χ2n) is 6.63. The van der Waals surface area contributed by atoms with Crippen molar-refractivity contribution in [2.24, 2.45) is 0 Å². The van der Waals surface area contributed by atoms with Gasteiger partial charge in [-0.2, -0.15) is 0 Å². The van der Waals surface area contributed by atoms with Gasteiger partial charge in [0.2, 0.25) is 0 Å². The van der Waals surface area contributed by atoms with Crippen LogP contribution in [-0.2, 0) is 19.6 Å². The van der Waals surface area contributed by atoms with Crippen LogP contribution < -0.4 is 5.32 Å². The van der Waals surface area contributed by atoms with Crippen LogP contribution in [0.3, 0.4) is 0 Å². The normalized spacial score (nSPS) is 27.3. The number of piperazine rings is 1. The molecule has 0 spiro atoms. The van der Waals surface area contributed by atoms with Crippen LogP contribution in [-0.4, -0.2) is 42.0 Å². The third kappa shape index (κ3) is 2.50. The number of nitrogens with zero attached hydrogens (tertiary/aromatic N) is 2. The van der Waals surface area contributed by atoms with Gasteiger partial charge in [-0.05, 0) is 36.1 Å². The van der Waals surface area contributed by atoms with Crippen LogP contribution in [0.25, 0.3) is 0 Å². The fourth-order valence-electron chi connectivity index (χ4n) is 4.07. The van der Waals surface area contributed by atoms with E-state index in [1.807, 2.05) is 0 Å². The van der Waals surface area contributed by atoms with Crippen molar-refractivity contribution in [1.29, 1.82) is 0 Å². The molecule has 1 atom stereocenters. The lowest BCUT2D eigenvalue weighted by Crippen LogP contribution is -2.54. The molecule has 0 aliphatic carbocycles. The lowest BCUT2D eigenvalue weighted by molar-refractivity contribution is 0.0457. The maximum Gasteiger partial charge on any atom is 0.0235 e. The van der Waals surface area contributed by atoms with Gasteiger partial charge in [-0.25, -0.2) is 0 Å². The molecule has 4 rings (SSSR count). The first-order valence-electron chi connectivity index (χ1n) is 8.16. The Labute approximate surface area is 121 Å². The van der Waals surface area contributed by atoms with E-state index in [0.29, 0.717) is 0 Å². The highest BCUT2D eigenvalue weighted by Crippen LogP contribution is 2.23. The Hall–Kier alpha value is -0.900. The van der Waals surface area contributed by atoms with Crippen molar-refractivity contribution in [3.05, 3.63) is 34.9 Å². The van der Waals surface area contributed by atoms with E-state index in [1.165, 1.54) is 62.1 Å². The Bertz CT molecular complexity index is 485. The van der Waals surface area contributed by atoms with E-state index in [2.05, 4.69) is 33.3 Å². The van der Waals surface area contributed by atoms with Gasteiger partial charge >= 0.3 is 0 Å². The minimum Gasteiger partial charge on any atom is -0.309 e. The summed E-state index contributed by atoms with van der Waals surface area (Å²) in [5.74, 6) is 0. The first-order chi connectivity index (χ1) is 9.88. The fraction of sp³-hybridized carbons (Fsp3) is 0.647. The summed E-state index contributed by atoms with van der Waals surface area (Å²) < 4.78 is 0. The summed E-state index contributed by atoms with van der Waals surface area (Å²) >= 11 is 0. The molecule has 20 heavy (non-hydrogen) atoms.